The van der Waals surface area contributed by atoms with E-state index in [0.717, 1.165) is 6.42 Å². The van der Waals surface area contributed by atoms with Gasteiger partial charge in [0.15, 0.2) is 0 Å². The van der Waals surface area contributed by atoms with Crippen molar-refractivity contribution in [1.82, 2.24) is 5.32 Å². The minimum Gasteiger partial charge on any atom is -0.446 e. The first-order valence-electron chi connectivity index (χ1n) is 5.58. The summed E-state index contributed by atoms with van der Waals surface area (Å²) in [6.45, 7) is 5.37. The van der Waals surface area contributed by atoms with Crippen LogP contribution in [0.15, 0.2) is 0 Å². The van der Waals surface area contributed by atoms with Gasteiger partial charge in [0.2, 0.25) is 0 Å². The topological polar surface area (TPSA) is 78.8 Å². The van der Waals surface area contributed by atoms with Crippen LogP contribution in [-0.4, -0.2) is 40.2 Å². The first-order chi connectivity index (χ1) is 7.23. The lowest BCUT2D eigenvalue weighted by Gasteiger charge is -2.27. The molecule has 1 fully saturated rings. The molecule has 2 unspecified atom stereocenters. The number of aliphatic hydroxyl groups is 2. The molecule has 0 aromatic rings. The minimum absolute atomic E-state index is 0.157. The molecular formula is C11H21NO4. The quantitative estimate of drug-likeness (QED) is 0.656. The molecular weight excluding hydrogens is 210 g/mol. The second kappa shape index (κ2) is 4.59. The summed E-state index contributed by atoms with van der Waals surface area (Å²) in [5, 5.41) is 22.1. The first kappa shape index (κ1) is 13.3. The number of carbonyl (C=O) groups is 1. The van der Waals surface area contributed by atoms with E-state index in [9.17, 15) is 15.0 Å². The van der Waals surface area contributed by atoms with Crippen molar-refractivity contribution in [2.75, 3.05) is 6.61 Å². The zero-order valence-corrected chi connectivity index (χ0v) is 10.1. The molecule has 1 amide bonds. The number of ether oxygens (including phenoxy) is 1. The van der Waals surface area contributed by atoms with Crippen LogP contribution in [0.1, 0.15) is 40.0 Å². The van der Waals surface area contributed by atoms with E-state index < -0.39 is 17.8 Å². The summed E-state index contributed by atoms with van der Waals surface area (Å²) in [5.41, 5.74) is -1.64. The Balaban J connectivity index is 2.37. The maximum absolute atomic E-state index is 11.3. The van der Waals surface area contributed by atoms with E-state index >= 15 is 0 Å². The molecule has 0 aromatic carbocycles. The maximum atomic E-state index is 11.3. The van der Waals surface area contributed by atoms with E-state index in [2.05, 4.69) is 5.32 Å². The molecule has 16 heavy (non-hydrogen) atoms. The molecule has 1 rings (SSSR count). The predicted octanol–water partition coefficient (Wildman–Crippen LogP) is 0.787. The number of alkyl carbamates (subject to hydrolysis) is 1. The lowest BCUT2D eigenvalue weighted by molar-refractivity contribution is -0.0878. The highest BCUT2D eigenvalue weighted by molar-refractivity contribution is 5.68. The van der Waals surface area contributed by atoms with E-state index in [1.54, 1.807) is 0 Å². The Morgan fingerprint density at radius 1 is 1.56 bits per heavy atom. The molecule has 1 saturated carbocycles. The molecule has 0 heterocycles. The third-order valence-corrected chi connectivity index (χ3v) is 2.64. The van der Waals surface area contributed by atoms with Gasteiger partial charge in [-0.2, -0.15) is 0 Å². The third-order valence-electron chi connectivity index (χ3n) is 2.64. The summed E-state index contributed by atoms with van der Waals surface area (Å²) in [4.78, 5) is 11.3. The van der Waals surface area contributed by atoms with E-state index in [4.69, 9.17) is 4.74 Å². The molecule has 3 N–H and O–H groups in total. The molecule has 1 aliphatic rings. The van der Waals surface area contributed by atoms with Crippen LogP contribution in [0.4, 0.5) is 4.79 Å². The molecule has 94 valence electrons. The van der Waals surface area contributed by atoms with Crippen molar-refractivity contribution >= 4 is 6.09 Å². The fourth-order valence-corrected chi connectivity index (χ4v) is 1.74. The molecule has 0 aliphatic heterocycles. The Bertz CT molecular complexity index is 261. The van der Waals surface area contributed by atoms with Crippen molar-refractivity contribution in [1.29, 1.82) is 0 Å². The standard InChI is InChI=1S/C11H21NO4/c1-10(2,3)12-9(14)16-7-11(15)6-4-5-8(11)13/h8,13,15H,4-7H2,1-3H3,(H,12,14). The Hall–Kier alpha value is -0.810. The second-order valence-corrected chi connectivity index (χ2v) is 5.46. The van der Waals surface area contributed by atoms with Crippen molar-refractivity contribution < 1.29 is 19.7 Å². The maximum Gasteiger partial charge on any atom is 0.407 e. The Morgan fingerprint density at radius 3 is 2.62 bits per heavy atom. The second-order valence-electron chi connectivity index (χ2n) is 5.46. The van der Waals surface area contributed by atoms with Gasteiger partial charge in [-0.15, -0.1) is 0 Å². The monoisotopic (exact) mass is 231 g/mol. The minimum atomic E-state index is -1.27. The van der Waals surface area contributed by atoms with Gasteiger partial charge < -0.3 is 20.3 Å². The molecule has 5 heteroatoms. The van der Waals surface area contributed by atoms with Gasteiger partial charge in [0, 0.05) is 5.54 Å². The van der Waals surface area contributed by atoms with Gasteiger partial charge in [-0.1, -0.05) is 0 Å². The molecule has 1 aliphatic carbocycles. The summed E-state index contributed by atoms with van der Waals surface area (Å²) >= 11 is 0. The molecule has 5 nitrogen and oxygen atoms in total. The zero-order chi connectivity index (χ0) is 12.4. The summed E-state index contributed by atoms with van der Waals surface area (Å²) < 4.78 is 4.92. The van der Waals surface area contributed by atoms with Crippen molar-refractivity contribution in [3.05, 3.63) is 0 Å². The average Bonchev–Trinajstić information content (AvgIpc) is 2.42. The highest BCUT2D eigenvalue weighted by Crippen LogP contribution is 2.30. The van der Waals surface area contributed by atoms with E-state index in [0.29, 0.717) is 12.8 Å². The highest BCUT2D eigenvalue weighted by atomic mass is 16.6. The first-order valence-corrected chi connectivity index (χ1v) is 5.58. The number of hydrogen-bond donors (Lipinski definition) is 3. The summed E-state index contributed by atoms with van der Waals surface area (Å²) in [6, 6.07) is 0. The molecule has 0 spiro atoms. The van der Waals surface area contributed by atoms with Crippen molar-refractivity contribution in [2.24, 2.45) is 0 Å². The highest BCUT2D eigenvalue weighted by Gasteiger charge is 2.41. The number of rotatable bonds is 2. The van der Waals surface area contributed by atoms with E-state index in [1.165, 1.54) is 0 Å². The van der Waals surface area contributed by atoms with Crippen molar-refractivity contribution in [3.8, 4) is 0 Å². The van der Waals surface area contributed by atoms with Gasteiger partial charge in [0.05, 0.1) is 6.10 Å². The Morgan fingerprint density at radius 2 is 2.19 bits per heavy atom. The summed E-state index contributed by atoms with van der Waals surface area (Å²) in [7, 11) is 0. The van der Waals surface area contributed by atoms with Gasteiger partial charge in [0.25, 0.3) is 0 Å². The van der Waals surface area contributed by atoms with Crippen LogP contribution in [0.2, 0.25) is 0 Å². The Kier molecular flexibility index (Phi) is 3.80. The molecule has 0 bridgehead atoms. The van der Waals surface area contributed by atoms with Gasteiger partial charge in [-0.3, -0.25) is 0 Å². The van der Waals surface area contributed by atoms with Gasteiger partial charge in [-0.05, 0) is 40.0 Å². The number of hydrogen-bond acceptors (Lipinski definition) is 4. The smallest absolute Gasteiger partial charge is 0.407 e. The largest absolute Gasteiger partial charge is 0.446 e. The molecule has 2 atom stereocenters. The normalized spacial score (nSPS) is 30.2. The zero-order valence-electron chi connectivity index (χ0n) is 10.1. The van der Waals surface area contributed by atoms with Crippen LogP contribution in [-0.2, 0) is 4.74 Å². The van der Waals surface area contributed by atoms with E-state index in [1.807, 2.05) is 20.8 Å². The lowest BCUT2D eigenvalue weighted by atomic mass is 10.0. The van der Waals surface area contributed by atoms with Crippen molar-refractivity contribution in [2.45, 2.75) is 57.3 Å². The number of amides is 1. The van der Waals surface area contributed by atoms with Crippen molar-refractivity contribution in [3.63, 3.8) is 0 Å². The van der Waals surface area contributed by atoms with Crippen LogP contribution >= 0.6 is 0 Å². The SMILES string of the molecule is CC(C)(C)NC(=O)OCC1(O)CCCC1O. The molecule has 0 aromatic heterocycles. The van der Waals surface area contributed by atoms with Crippen LogP contribution < -0.4 is 5.32 Å². The van der Waals surface area contributed by atoms with Crippen LogP contribution in [0.3, 0.4) is 0 Å². The molecule has 0 radical (unpaired) electrons. The van der Waals surface area contributed by atoms with Gasteiger partial charge in [-0.25, -0.2) is 4.79 Å². The summed E-state index contributed by atoms with van der Waals surface area (Å²) in [6.07, 6.45) is 0.412. The third kappa shape index (κ3) is 3.64. The van der Waals surface area contributed by atoms with Crippen LogP contribution in [0.25, 0.3) is 0 Å². The van der Waals surface area contributed by atoms with Crippen LogP contribution in [0.5, 0.6) is 0 Å². The Labute approximate surface area is 95.8 Å². The number of carbonyl (C=O) groups excluding carboxylic acids is 1. The fraction of sp³-hybridized carbons (Fsp3) is 0.909. The lowest BCUT2D eigenvalue weighted by Crippen LogP contribution is -2.46. The number of aliphatic hydroxyl groups excluding tert-OH is 1. The average molecular weight is 231 g/mol. The van der Waals surface area contributed by atoms with Crippen LogP contribution in [0, 0.1) is 0 Å². The predicted molar refractivity (Wildman–Crippen MR) is 59.0 cm³/mol. The summed E-state index contributed by atoms with van der Waals surface area (Å²) in [5.74, 6) is 0. The molecule has 0 saturated heterocycles. The van der Waals surface area contributed by atoms with Gasteiger partial charge in [0.1, 0.15) is 12.2 Å². The van der Waals surface area contributed by atoms with Gasteiger partial charge >= 0.3 is 6.09 Å². The van der Waals surface area contributed by atoms with E-state index in [-0.39, 0.29) is 12.1 Å². The fourth-order valence-electron chi connectivity index (χ4n) is 1.74. The number of nitrogens with one attached hydrogen (secondary N) is 1.